The molecule has 2 aromatic rings. The third-order valence-corrected chi connectivity index (χ3v) is 6.11. The Labute approximate surface area is 151 Å². The van der Waals surface area contributed by atoms with Crippen molar-refractivity contribution in [2.75, 3.05) is 4.72 Å². The van der Waals surface area contributed by atoms with Gasteiger partial charge in [-0.05, 0) is 54.7 Å². The molecule has 0 spiro atoms. The van der Waals surface area contributed by atoms with E-state index in [-0.39, 0.29) is 10.6 Å². The molecule has 0 radical (unpaired) electrons. The van der Waals surface area contributed by atoms with E-state index in [1.165, 1.54) is 43.5 Å². The van der Waals surface area contributed by atoms with E-state index in [2.05, 4.69) is 4.72 Å². The van der Waals surface area contributed by atoms with Crippen molar-refractivity contribution >= 4 is 15.7 Å². The summed E-state index contributed by atoms with van der Waals surface area (Å²) < 4.78 is 65.4. The molecule has 3 rings (SSSR count). The molecule has 0 bridgehead atoms. The molecule has 1 saturated carbocycles. The molecule has 1 fully saturated rings. The summed E-state index contributed by atoms with van der Waals surface area (Å²) in [5.41, 5.74) is 0.101. The summed E-state index contributed by atoms with van der Waals surface area (Å²) in [6.45, 7) is 0. The third kappa shape index (κ3) is 4.38. The Hall–Kier alpha value is -2.02. The molecule has 7 heteroatoms. The van der Waals surface area contributed by atoms with Crippen LogP contribution in [0.15, 0.2) is 53.4 Å². The molecule has 0 heterocycles. The van der Waals surface area contributed by atoms with E-state index in [4.69, 9.17) is 0 Å². The van der Waals surface area contributed by atoms with Gasteiger partial charge < -0.3 is 0 Å². The lowest BCUT2D eigenvalue weighted by Crippen LogP contribution is -2.14. The van der Waals surface area contributed by atoms with Gasteiger partial charge in [0.2, 0.25) is 0 Å². The summed E-state index contributed by atoms with van der Waals surface area (Å²) in [5, 5.41) is 0. The fourth-order valence-corrected chi connectivity index (χ4v) is 4.38. The van der Waals surface area contributed by atoms with Gasteiger partial charge in [0.05, 0.1) is 10.5 Å². The molecule has 0 saturated heterocycles. The first-order valence-corrected chi connectivity index (χ1v) is 10.0. The smallest absolute Gasteiger partial charge is 0.280 e. The van der Waals surface area contributed by atoms with E-state index in [9.17, 15) is 21.6 Å². The molecule has 0 aliphatic heterocycles. The molecule has 26 heavy (non-hydrogen) atoms. The first-order chi connectivity index (χ1) is 12.3. The third-order valence-electron chi connectivity index (χ3n) is 4.71. The van der Waals surface area contributed by atoms with Crippen LogP contribution >= 0.6 is 0 Å². The van der Waals surface area contributed by atoms with Gasteiger partial charge >= 0.3 is 6.18 Å². The van der Waals surface area contributed by atoms with Crippen LogP contribution in [0.25, 0.3) is 0 Å². The van der Waals surface area contributed by atoms with Crippen LogP contribution in [-0.2, 0) is 16.2 Å². The van der Waals surface area contributed by atoms with Gasteiger partial charge in [-0.15, -0.1) is 0 Å². The Morgan fingerprint density at radius 2 is 1.58 bits per heavy atom. The Balaban J connectivity index is 1.78. The van der Waals surface area contributed by atoms with E-state index in [0.29, 0.717) is 5.92 Å². The second kappa shape index (κ2) is 7.31. The zero-order valence-corrected chi connectivity index (χ0v) is 14.9. The zero-order chi connectivity index (χ0) is 18.8. The standard InChI is InChI=1S/C19H20F3NO2S/c20-19(21,22)16-7-4-8-17(13-16)23-26(24,25)18-11-9-15(10-12-18)14-5-2-1-3-6-14/h4,7-14,23H,1-3,5-6H2. The van der Waals surface area contributed by atoms with Crippen LogP contribution in [0.1, 0.15) is 49.1 Å². The molecular formula is C19H20F3NO2S. The number of benzene rings is 2. The summed E-state index contributed by atoms with van der Waals surface area (Å²) in [5.74, 6) is 0.455. The van der Waals surface area contributed by atoms with E-state index in [1.807, 2.05) is 0 Å². The van der Waals surface area contributed by atoms with E-state index in [1.54, 1.807) is 12.1 Å². The maximum Gasteiger partial charge on any atom is 0.416 e. The number of rotatable bonds is 4. The quantitative estimate of drug-likeness (QED) is 0.752. The van der Waals surface area contributed by atoms with Gasteiger partial charge in [0.15, 0.2) is 0 Å². The normalized spacial score (nSPS) is 16.4. The SMILES string of the molecule is O=S(=O)(Nc1cccc(C(F)(F)F)c1)c1ccc(C2CCCCC2)cc1. The largest absolute Gasteiger partial charge is 0.416 e. The minimum absolute atomic E-state index is 0.0365. The minimum atomic E-state index is -4.52. The van der Waals surface area contributed by atoms with Gasteiger partial charge in [-0.2, -0.15) is 13.2 Å². The van der Waals surface area contributed by atoms with Gasteiger partial charge in [0.25, 0.3) is 10.0 Å². The lowest BCUT2D eigenvalue weighted by molar-refractivity contribution is -0.137. The monoisotopic (exact) mass is 383 g/mol. The predicted octanol–water partition coefficient (Wildman–Crippen LogP) is 5.55. The molecule has 0 unspecified atom stereocenters. The fraction of sp³-hybridized carbons (Fsp3) is 0.368. The highest BCUT2D eigenvalue weighted by Crippen LogP contribution is 2.33. The van der Waals surface area contributed by atoms with Crippen LogP contribution in [0, 0.1) is 0 Å². The summed E-state index contributed by atoms with van der Waals surface area (Å²) in [7, 11) is -3.94. The van der Waals surface area contributed by atoms with Crippen molar-refractivity contribution in [3.05, 3.63) is 59.7 Å². The Morgan fingerprint density at radius 3 is 2.19 bits per heavy atom. The van der Waals surface area contributed by atoms with Crippen LogP contribution in [0.4, 0.5) is 18.9 Å². The summed E-state index contributed by atoms with van der Waals surface area (Å²) in [6, 6.07) is 10.8. The van der Waals surface area contributed by atoms with Gasteiger partial charge in [0.1, 0.15) is 0 Å². The molecule has 3 nitrogen and oxygen atoms in total. The van der Waals surface area contributed by atoms with Gasteiger partial charge in [-0.3, -0.25) is 4.72 Å². The van der Waals surface area contributed by atoms with Crippen molar-refractivity contribution in [3.8, 4) is 0 Å². The summed E-state index contributed by atoms with van der Waals surface area (Å²) >= 11 is 0. The van der Waals surface area contributed by atoms with Crippen LogP contribution in [0.5, 0.6) is 0 Å². The number of hydrogen-bond donors (Lipinski definition) is 1. The molecule has 1 aliphatic rings. The lowest BCUT2D eigenvalue weighted by Gasteiger charge is -2.22. The maximum atomic E-state index is 12.8. The van der Waals surface area contributed by atoms with E-state index < -0.39 is 21.8 Å². The second-order valence-electron chi connectivity index (χ2n) is 6.59. The average Bonchev–Trinajstić information content (AvgIpc) is 2.62. The maximum absolute atomic E-state index is 12.8. The topological polar surface area (TPSA) is 46.2 Å². The molecule has 1 N–H and O–H groups in total. The van der Waals surface area contributed by atoms with Gasteiger partial charge in [0, 0.05) is 5.69 Å². The number of nitrogens with one attached hydrogen (secondary N) is 1. The zero-order valence-electron chi connectivity index (χ0n) is 14.1. The van der Waals surface area contributed by atoms with Crippen LogP contribution in [0.2, 0.25) is 0 Å². The predicted molar refractivity (Wildman–Crippen MR) is 94.5 cm³/mol. The number of hydrogen-bond acceptors (Lipinski definition) is 2. The number of anilines is 1. The molecular weight excluding hydrogens is 363 g/mol. The summed E-state index contributed by atoms with van der Waals surface area (Å²) in [6.07, 6.45) is 1.29. The van der Waals surface area contributed by atoms with Crippen molar-refractivity contribution in [2.24, 2.45) is 0 Å². The first kappa shape index (κ1) is 18.8. The first-order valence-electron chi connectivity index (χ1n) is 8.56. The van der Waals surface area contributed by atoms with Crippen molar-refractivity contribution in [1.82, 2.24) is 0 Å². The second-order valence-corrected chi connectivity index (χ2v) is 8.27. The fourth-order valence-electron chi connectivity index (χ4n) is 3.33. The molecule has 1 aliphatic carbocycles. The number of sulfonamides is 1. The highest BCUT2D eigenvalue weighted by atomic mass is 32.2. The van der Waals surface area contributed by atoms with Crippen molar-refractivity contribution in [3.63, 3.8) is 0 Å². The molecule has 140 valence electrons. The van der Waals surface area contributed by atoms with Gasteiger partial charge in [-0.25, -0.2) is 8.42 Å². The Bertz CT molecular complexity index is 855. The van der Waals surface area contributed by atoms with Crippen LogP contribution < -0.4 is 4.72 Å². The molecule has 0 atom stereocenters. The summed E-state index contributed by atoms with van der Waals surface area (Å²) in [4.78, 5) is 0.0365. The van der Waals surface area contributed by atoms with Crippen molar-refractivity contribution in [2.45, 2.75) is 49.1 Å². The highest BCUT2D eigenvalue weighted by molar-refractivity contribution is 7.92. The van der Waals surface area contributed by atoms with Crippen molar-refractivity contribution in [1.29, 1.82) is 0 Å². The number of halogens is 3. The molecule has 0 amide bonds. The van der Waals surface area contributed by atoms with Crippen LogP contribution in [0.3, 0.4) is 0 Å². The van der Waals surface area contributed by atoms with Crippen LogP contribution in [-0.4, -0.2) is 8.42 Å². The molecule has 0 aromatic heterocycles. The highest BCUT2D eigenvalue weighted by Gasteiger charge is 2.30. The van der Waals surface area contributed by atoms with Gasteiger partial charge in [-0.1, -0.05) is 37.5 Å². The molecule has 2 aromatic carbocycles. The number of alkyl halides is 3. The van der Waals surface area contributed by atoms with E-state index in [0.717, 1.165) is 30.5 Å². The average molecular weight is 383 g/mol. The van der Waals surface area contributed by atoms with Crippen molar-refractivity contribution < 1.29 is 21.6 Å². The lowest BCUT2D eigenvalue weighted by atomic mass is 9.84. The van der Waals surface area contributed by atoms with E-state index >= 15 is 0 Å². The Kier molecular flexibility index (Phi) is 5.27. The minimum Gasteiger partial charge on any atom is -0.280 e. The Morgan fingerprint density at radius 1 is 0.923 bits per heavy atom.